The highest BCUT2D eigenvalue weighted by molar-refractivity contribution is 6.09. The highest BCUT2D eigenvalue weighted by atomic mass is 16.7. The zero-order valence-corrected chi connectivity index (χ0v) is 13.5. The number of para-hydroxylation sites is 1. The van der Waals surface area contributed by atoms with E-state index in [9.17, 15) is 19.5 Å². The van der Waals surface area contributed by atoms with E-state index in [1.165, 1.54) is 42.5 Å². The van der Waals surface area contributed by atoms with Crippen molar-refractivity contribution in [1.29, 1.82) is 0 Å². The standard InChI is InChI=1S/C17H14N2O7/c1-24-17(23)25-12-4-2-3-11-13(12)26-16(22)19(15(11)21)10-7-5-9(6-8-10)14(18)20/h2-8,16,22H,1H3,(H2,18,20). The molecule has 1 atom stereocenters. The highest BCUT2D eigenvalue weighted by Gasteiger charge is 2.36. The van der Waals surface area contributed by atoms with Gasteiger partial charge in [-0.05, 0) is 36.4 Å². The second kappa shape index (κ2) is 6.73. The second-order valence-corrected chi connectivity index (χ2v) is 5.22. The minimum atomic E-state index is -1.67. The Morgan fingerprint density at radius 3 is 2.50 bits per heavy atom. The Balaban J connectivity index is 1.96. The van der Waals surface area contributed by atoms with Gasteiger partial charge in [0.2, 0.25) is 5.91 Å². The molecule has 3 N–H and O–H groups in total. The first-order valence-corrected chi connectivity index (χ1v) is 7.39. The Kier molecular flexibility index (Phi) is 4.46. The first-order chi connectivity index (χ1) is 12.4. The number of benzene rings is 2. The molecule has 0 spiro atoms. The summed E-state index contributed by atoms with van der Waals surface area (Å²) in [5.41, 5.74) is 5.80. The van der Waals surface area contributed by atoms with E-state index in [1.807, 2.05) is 0 Å². The average Bonchev–Trinajstić information content (AvgIpc) is 2.62. The van der Waals surface area contributed by atoms with E-state index in [1.54, 1.807) is 0 Å². The molecule has 2 aromatic rings. The number of hydrogen-bond donors (Lipinski definition) is 2. The summed E-state index contributed by atoms with van der Waals surface area (Å²) in [4.78, 5) is 36.2. The van der Waals surface area contributed by atoms with Crippen molar-refractivity contribution in [2.45, 2.75) is 6.41 Å². The van der Waals surface area contributed by atoms with Gasteiger partial charge in [-0.2, -0.15) is 0 Å². The first kappa shape index (κ1) is 17.2. The number of rotatable bonds is 3. The zero-order chi connectivity index (χ0) is 18.8. The predicted octanol–water partition coefficient (Wildman–Crippen LogP) is 1.25. The zero-order valence-electron chi connectivity index (χ0n) is 13.5. The van der Waals surface area contributed by atoms with Crippen LogP contribution in [0.3, 0.4) is 0 Å². The molecule has 3 rings (SSSR count). The van der Waals surface area contributed by atoms with Gasteiger partial charge in [-0.25, -0.2) is 9.69 Å². The lowest BCUT2D eigenvalue weighted by atomic mass is 10.1. The van der Waals surface area contributed by atoms with Crippen molar-refractivity contribution in [3.63, 3.8) is 0 Å². The van der Waals surface area contributed by atoms with Crippen molar-refractivity contribution < 1.29 is 33.7 Å². The smallest absolute Gasteiger partial charge is 0.441 e. The number of nitrogens with zero attached hydrogens (tertiary/aromatic N) is 1. The van der Waals surface area contributed by atoms with Gasteiger partial charge in [0.25, 0.3) is 12.3 Å². The summed E-state index contributed by atoms with van der Waals surface area (Å²) < 4.78 is 14.7. The van der Waals surface area contributed by atoms with Crippen molar-refractivity contribution in [3.8, 4) is 11.5 Å². The second-order valence-electron chi connectivity index (χ2n) is 5.22. The summed E-state index contributed by atoms with van der Waals surface area (Å²) in [5, 5.41) is 10.3. The maximum Gasteiger partial charge on any atom is 0.513 e. The Labute approximate surface area is 147 Å². The Hall–Kier alpha value is -3.59. The van der Waals surface area contributed by atoms with Gasteiger partial charge >= 0.3 is 6.16 Å². The summed E-state index contributed by atoms with van der Waals surface area (Å²) in [7, 11) is 1.13. The largest absolute Gasteiger partial charge is 0.513 e. The van der Waals surface area contributed by atoms with Gasteiger partial charge in [-0.1, -0.05) is 6.07 Å². The summed E-state index contributed by atoms with van der Waals surface area (Å²) in [6.07, 6.45) is -2.66. The fourth-order valence-corrected chi connectivity index (χ4v) is 2.44. The lowest BCUT2D eigenvalue weighted by Gasteiger charge is -2.33. The van der Waals surface area contributed by atoms with Crippen LogP contribution in [0.25, 0.3) is 0 Å². The van der Waals surface area contributed by atoms with Gasteiger partial charge in [0.1, 0.15) is 0 Å². The quantitative estimate of drug-likeness (QED) is 0.624. The maximum atomic E-state index is 12.8. The van der Waals surface area contributed by atoms with E-state index < -0.39 is 24.4 Å². The van der Waals surface area contributed by atoms with Gasteiger partial charge in [-0.15, -0.1) is 0 Å². The van der Waals surface area contributed by atoms with Gasteiger partial charge < -0.3 is 25.1 Å². The number of aliphatic hydroxyl groups is 1. The highest BCUT2D eigenvalue weighted by Crippen LogP contribution is 2.38. The molecule has 1 aliphatic heterocycles. The fraction of sp³-hybridized carbons (Fsp3) is 0.118. The van der Waals surface area contributed by atoms with Crippen molar-refractivity contribution in [1.82, 2.24) is 0 Å². The summed E-state index contributed by atoms with van der Waals surface area (Å²) in [6, 6.07) is 10.1. The van der Waals surface area contributed by atoms with Gasteiger partial charge in [0.15, 0.2) is 11.5 Å². The molecule has 0 radical (unpaired) electrons. The monoisotopic (exact) mass is 358 g/mol. The Bertz CT molecular complexity index is 879. The van der Waals surface area contributed by atoms with E-state index in [0.29, 0.717) is 0 Å². The number of hydrogen-bond acceptors (Lipinski definition) is 7. The van der Waals surface area contributed by atoms with E-state index in [-0.39, 0.29) is 28.3 Å². The molecule has 26 heavy (non-hydrogen) atoms. The maximum absolute atomic E-state index is 12.8. The molecule has 0 fully saturated rings. The van der Waals surface area contributed by atoms with Crippen LogP contribution in [-0.4, -0.2) is 36.6 Å². The minimum Gasteiger partial charge on any atom is -0.441 e. The van der Waals surface area contributed by atoms with Crippen LogP contribution in [-0.2, 0) is 4.74 Å². The van der Waals surface area contributed by atoms with Crippen LogP contribution in [0.4, 0.5) is 10.5 Å². The molecule has 0 bridgehead atoms. The van der Waals surface area contributed by atoms with Crippen LogP contribution in [0.1, 0.15) is 20.7 Å². The average molecular weight is 358 g/mol. The number of carbonyl (C=O) groups excluding carboxylic acids is 3. The topological polar surface area (TPSA) is 128 Å². The van der Waals surface area contributed by atoms with E-state index >= 15 is 0 Å². The fourth-order valence-electron chi connectivity index (χ4n) is 2.44. The first-order valence-electron chi connectivity index (χ1n) is 7.39. The van der Waals surface area contributed by atoms with Gasteiger partial charge in [0, 0.05) is 5.56 Å². The molecule has 2 amide bonds. The number of fused-ring (bicyclic) bond motifs is 1. The Morgan fingerprint density at radius 2 is 1.88 bits per heavy atom. The van der Waals surface area contributed by atoms with Gasteiger partial charge in [0.05, 0.1) is 18.4 Å². The van der Waals surface area contributed by atoms with Crippen molar-refractivity contribution >= 4 is 23.7 Å². The number of aliphatic hydroxyl groups excluding tert-OH is 1. The van der Waals surface area contributed by atoms with Crippen molar-refractivity contribution in [2.24, 2.45) is 5.73 Å². The van der Waals surface area contributed by atoms with Crippen LogP contribution in [0.5, 0.6) is 11.5 Å². The summed E-state index contributed by atoms with van der Waals surface area (Å²) >= 11 is 0. The van der Waals surface area contributed by atoms with Crippen LogP contribution >= 0.6 is 0 Å². The van der Waals surface area contributed by atoms with Crippen LogP contribution in [0.2, 0.25) is 0 Å². The van der Waals surface area contributed by atoms with Crippen molar-refractivity contribution in [2.75, 3.05) is 12.0 Å². The molecule has 0 saturated heterocycles. The third-order valence-corrected chi connectivity index (χ3v) is 3.66. The number of methoxy groups -OCH3 is 1. The van der Waals surface area contributed by atoms with Crippen LogP contribution in [0, 0.1) is 0 Å². The van der Waals surface area contributed by atoms with E-state index in [2.05, 4.69) is 4.74 Å². The predicted molar refractivity (Wildman–Crippen MR) is 87.9 cm³/mol. The Morgan fingerprint density at radius 1 is 1.19 bits per heavy atom. The molecule has 1 aliphatic rings. The molecule has 0 saturated carbocycles. The normalized spacial score (nSPS) is 15.7. The van der Waals surface area contributed by atoms with E-state index in [4.69, 9.17) is 15.2 Å². The third kappa shape index (κ3) is 3.03. The molecule has 134 valence electrons. The number of nitrogens with two attached hydrogens (primary N) is 1. The van der Waals surface area contributed by atoms with E-state index in [0.717, 1.165) is 12.0 Å². The number of amides is 2. The number of ether oxygens (including phenoxy) is 3. The number of anilines is 1. The van der Waals surface area contributed by atoms with Crippen LogP contribution in [0.15, 0.2) is 42.5 Å². The van der Waals surface area contributed by atoms with Crippen molar-refractivity contribution in [3.05, 3.63) is 53.6 Å². The molecule has 2 aromatic carbocycles. The number of carbonyl (C=O) groups is 3. The molecule has 1 heterocycles. The summed E-state index contributed by atoms with van der Waals surface area (Å²) in [5.74, 6) is -1.35. The molecular weight excluding hydrogens is 344 g/mol. The SMILES string of the molecule is COC(=O)Oc1cccc2c1OC(O)N(c1ccc(C(N)=O)cc1)C2=O. The molecule has 1 unspecified atom stereocenters. The lowest BCUT2D eigenvalue weighted by Crippen LogP contribution is -2.47. The minimum absolute atomic E-state index is 0.0644. The lowest BCUT2D eigenvalue weighted by molar-refractivity contribution is -0.0243. The molecule has 9 heteroatoms. The molecule has 9 nitrogen and oxygen atoms in total. The van der Waals surface area contributed by atoms with Crippen LogP contribution < -0.4 is 20.1 Å². The number of primary amides is 1. The third-order valence-electron chi connectivity index (χ3n) is 3.66. The summed E-state index contributed by atoms with van der Waals surface area (Å²) in [6.45, 7) is 0. The molecular formula is C17H14N2O7. The molecule has 0 aromatic heterocycles. The molecule has 0 aliphatic carbocycles. The van der Waals surface area contributed by atoms with Gasteiger partial charge in [-0.3, -0.25) is 9.59 Å².